The molecular weight excluding hydrogens is 382 g/mol. The van der Waals surface area contributed by atoms with E-state index in [2.05, 4.69) is 0 Å². The first-order valence-electron chi connectivity index (χ1n) is 8.69. The van der Waals surface area contributed by atoms with Gasteiger partial charge in [-0.3, -0.25) is 4.79 Å². The number of nitrogens with zero attached hydrogens (tertiary/aromatic N) is 1. The summed E-state index contributed by atoms with van der Waals surface area (Å²) in [6.07, 6.45) is 2.94. The van der Waals surface area contributed by atoms with Crippen molar-refractivity contribution in [3.63, 3.8) is 0 Å². The summed E-state index contributed by atoms with van der Waals surface area (Å²) in [6, 6.07) is 10.7. The lowest BCUT2D eigenvalue weighted by Gasteiger charge is -2.26. The molecule has 7 nitrogen and oxygen atoms in total. The van der Waals surface area contributed by atoms with E-state index >= 15 is 0 Å². The van der Waals surface area contributed by atoms with E-state index in [9.17, 15) is 18.3 Å². The van der Waals surface area contributed by atoms with Crippen molar-refractivity contribution in [1.82, 2.24) is 4.31 Å². The molecule has 0 atom stereocenters. The second-order valence-corrected chi connectivity index (χ2v) is 8.11. The predicted octanol–water partition coefficient (Wildman–Crippen LogP) is 2.32. The van der Waals surface area contributed by atoms with Gasteiger partial charge in [0.1, 0.15) is 0 Å². The van der Waals surface area contributed by atoms with E-state index in [0.29, 0.717) is 43.2 Å². The van der Waals surface area contributed by atoms with Crippen LogP contribution in [0.5, 0.6) is 11.5 Å². The average Bonchev–Trinajstić information content (AvgIpc) is 2.73. The maximum atomic E-state index is 12.6. The van der Waals surface area contributed by atoms with E-state index in [-0.39, 0.29) is 16.4 Å². The number of carbonyl (C=O) groups is 1. The van der Waals surface area contributed by atoms with Gasteiger partial charge in [-0.05, 0) is 48.0 Å². The van der Waals surface area contributed by atoms with Gasteiger partial charge in [-0.25, -0.2) is 8.42 Å². The quantitative estimate of drug-likeness (QED) is 0.588. The molecule has 1 N–H and O–H groups in total. The Kier molecular flexibility index (Phi) is 6.13. The molecule has 0 aliphatic carbocycles. The number of morpholine rings is 1. The normalized spacial score (nSPS) is 15.6. The van der Waals surface area contributed by atoms with Crippen LogP contribution in [0.3, 0.4) is 0 Å². The molecule has 0 saturated carbocycles. The van der Waals surface area contributed by atoms with E-state index in [0.717, 1.165) is 0 Å². The molecule has 1 aliphatic rings. The maximum Gasteiger partial charge on any atom is 0.243 e. The van der Waals surface area contributed by atoms with E-state index < -0.39 is 10.0 Å². The molecule has 0 radical (unpaired) electrons. The van der Waals surface area contributed by atoms with E-state index in [1.165, 1.54) is 47.8 Å². The zero-order valence-corrected chi connectivity index (χ0v) is 16.2. The van der Waals surface area contributed by atoms with Crippen molar-refractivity contribution in [1.29, 1.82) is 0 Å². The number of ether oxygens (including phenoxy) is 2. The van der Waals surface area contributed by atoms with Gasteiger partial charge in [0, 0.05) is 18.7 Å². The van der Waals surface area contributed by atoms with Crippen molar-refractivity contribution in [2.45, 2.75) is 4.90 Å². The summed E-state index contributed by atoms with van der Waals surface area (Å²) in [5.41, 5.74) is 1.01. The lowest BCUT2D eigenvalue weighted by atomic mass is 10.1. The Bertz CT molecular complexity index is 976. The Balaban J connectivity index is 1.72. The van der Waals surface area contributed by atoms with Gasteiger partial charge in [-0.1, -0.05) is 12.1 Å². The van der Waals surface area contributed by atoms with Crippen LogP contribution in [-0.2, 0) is 14.8 Å². The monoisotopic (exact) mass is 403 g/mol. The molecule has 0 amide bonds. The topological polar surface area (TPSA) is 93.1 Å². The highest BCUT2D eigenvalue weighted by Crippen LogP contribution is 2.26. The number of benzene rings is 2. The standard InChI is InChI=1S/C20H21NO6S/c1-26-20-9-3-15(14-19(20)23)2-8-18(22)16-4-6-17(7-5-16)28(24,25)21-10-12-27-13-11-21/h2-9,14,23H,10-13H2,1H3/b8-2+. The van der Waals surface area contributed by atoms with Crippen LogP contribution in [0, 0.1) is 0 Å². The second-order valence-electron chi connectivity index (χ2n) is 6.17. The SMILES string of the molecule is COc1ccc(/C=C/C(=O)c2ccc(S(=O)(=O)N3CCOCC3)cc2)cc1O. The van der Waals surface area contributed by atoms with Gasteiger partial charge in [0.25, 0.3) is 0 Å². The van der Waals surface area contributed by atoms with Crippen molar-refractivity contribution in [2.75, 3.05) is 33.4 Å². The molecule has 0 aromatic heterocycles. The van der Waals surface area contributed by atoms with Crippen LogP contribution in [-0.4, -0.2) is 57.0 Å². The number of allylic oxidation sites excluding steroid dienone is 1. The molecule has 3 rings (SSSR count). The highest BCUT2D eigenvalue weighted by atomic mass is 32.2. The fourth-order valence-corrected chi connectivity index (χ4v) is 4.21. The molecule has 2 aromatic rings. The fraction of sp³-hybridized carbons (Fsp3) is 0.250. The minimum Gasteiger partial charge on any atom is -0.504 e. The number of hydrogen-bond donors (Lipinski definition) is 1. The minimum absolute atomic E-state index is 0.0187. The lowest BCUT2D eigenvalue weighted by Crippen LogP contribution is -2.40. The third-order valence-electron chi connectivity index (χ3n) is 4.38. The largest absolute Gasteiger partial charge is 0.504 e. The molecule has 0 spiro atoms. The number of ketones is 1. The number of phenols is 1. The number of rotatable bonds is 6. The molecule has 148 valence electrons. The summed E-state index contributed by atoms with van der Waals surface area (Å²) in [5.74, 6) is 0.0564. The summed E-state index contributed by atoms with van der Waals surface area (Å²) in [7, 11) is -2.13. The van der Waals surface area contributed by atoms with Gasteiger partial charge < -0.3 is 14.6 Å². The first kappa shape index (κ1) is 20.1. The van der Waals surface area contributed by atoms with Gasteiger partial charge in [0.05, 0.1) is 25.2 Å². The average molecular weight is 403 g/mol. The van der Waals surface area contributed by atoms with Crippen LogP contribution < -0.4 is 4.74 Å². The fourth-order valence-electron chi connectivity index (χ4n) is 2.81. The smallest absolute Gasteiger partial charge is 0.243 e. The summed E-state index contributed by atoms with van der Waals surface area (Å²) in [6.45, 7) is 1.39. The molecule has 2 aromatic carbocycles. The van der Waals surface area contributed by atoms with Crippen molar-refractivity contribution in [3.05, 3.63) is 59.7 Å². The predicted molar refractivity (Wildman–Crippen MR) is 104 cm³/mol. The van der Waals surface area contributed by atoms with Crippen molar-refractivity contribution in [2.24, 2.45) is 0 Å². The molecule has 28 heavy (non-hydrogen) atoms. The second kappa shape index (κ2) is 8.55. The maximum absolute atomic E-state index is 12.6. The van der Waals surface area contributed by atoms with Gasteiger partial charge >= 0.3 is 0 Å². The van der Waals surface area contributed by atoms with Crippen LogP contribution in [0.1, 0.15) is 15.9 Å². The highest BCUT2D eigenvalue weighted by molar-refractivity contribution is 7.89. The van der Waals surface area contributed by atoms with Crippen LogP contribution in [0.25, 0.3) is 6.08 Å². The summed E-state index contributed by atoms with van der Waals surface area (Å²) >= 11 is 0. The number of aromatic hydroxyl groups is 1. The molecule has 1 fully saturated rings. The van der Waals surface area contributed by atoms with E-state index in [1.54, 1.807) is 18.2 Å². The van der Waals surface area contributed by atoms with Crippen molar-refractivity contribution >= 4 is 21.9 Å². The number of hydrogen-bond acceptors (Lipinski definition) is 6. The van der Waals surface area contributed by atoms with Gasteiger partial charge in [-0.2, -0.15) is 4.31 Å². The van der Waals surface area contributed by atoms with Gasteiger partial charge in [0.15, 0.2) is 17.3 Å². The third-order valence-corrected chi connectivity index (χ3v) is 6.29. The van der Waals surface area contributed by atoms with Crippen LogP contribution >= 0.6 is 0 Å². The number of phenolic OH excluding ortho intramolecular Hbond substituents is 1. The van der Waals surface area contributed by atoms with Gasteiger partial charge in [0.2, 0.25) is 10.0 Å². The van der Waals surface area contributed by atoms with Gasteiger partial charge in [-0.15, -0.1) is 0 Å². The Morgan fingerprint density at radius 2 is 1.82 bits per heavy atom. The van der Waals surface area contributed by atoms with Crippen LogP contribution in [0.2, 0.25) is 0 Å². The van der Waals surface area contributed by atoms with E-state index in [4.69, 9.17) is 9.47 Å². The zero-order chi connectivity index (χ0) is 20.1. The first-order chi connectivity index (χ1) is 13.4. The molecule has 1 aliphatic heterocycles. The Morgan fingerprint density at radius 3 is 2.43 bits per heavy atom. The number of methoxy groups -OCH3 is 1. The van der Waals surface area contributed by atoms with Crippen molar-refractivity contribution < 1.29 is 27.8 Å². The summed E-state index contributed by atoms with van der Waals surface area (Å²) < 4.78 is 36.7. The third kappa shape index (κ3) is 4.41. The minimum atomic E-state index is -3.59. The molecule has 1 saturated heterocycles. The molecule has 1 heterocycles. The summed E-state index contributed by atoms with van der Waals surface area (Å²) in [4.78, 5) is 12.5. The highest BCUT2D eigenvalue weighted by Gasteiger charge is 2.26. The van der Waals surface area contributed by atoms with Crippen molar-refractivity contribution in [3.8, 4) is 11.5 Å². The number of carbonyl (C=O) groups excluding carboxylic acids is 1. The molecule has 8 heteroatoms. The first-order valence-corrected chi connectivity index (χ1v) is 10.1. The van der Waals surface area contributed by atoms with Crippen LogP contribution in [0.4, 0.5) is 0 Å². The molecular formula is C20H21NO6S. The Morgan fingerprint density at radius 1 is 1.14 bits per heavy atom. The Hall–Kier alpha value is -2.68. The zero-order valence-electron chi connectivity index (χ0n) is 15.4. The summed E-state index contributed by atoms with van der Waals surface area (Å²) in [5, 5.41) is 9.78. The lowest BCUT2D eigenvalue weighted by molar-refractivity contribution is 0.0730. The molecule has 0 unspecified atom stereocenters. The Labute approximate surface area is 163 Å². The van der Waals surface area contributed by atoms with E-state index in [1.807, 2.05) is 0 Å². The van der Waals surface area contributed by atoms with Crippen LogP contribution in [0.15, 0.2) is 53.4 Å². The number of sulfonamides is 1. The molecule has 0 bridgehead atoms.